The summed E-state index contributed by atoms with van der Waals surface area (Å²) in [5.74, 6) is 0.480. The number of H-pyrrole nitrogens is 1. The number of fused-ring (bicyclic) bond motifs is 2. The Morgan fingerprint density at radius 1 is 1.20 bits per heavy atom. The van der Waals surface area contributed by atoms with E-state index in [1.165, 1.54) is 6.92 Å². The predicted octanol–water partition coefficient (Wildman–Crippen LogP) is 2.15. The van der Waals surface area contributed by atoms with E-state index in [9.17, 15) is 14.4 Å². The first-order chi connectivity index (χ1) is 14.5. The summed E-state index contributed by atoms with van der Waals surface area (Å²) in [6, 6.07) is 11.9. The minimum Gasteiger partial charge on any atom is -0.454 e. The minimum atomic E-state index is -0.994. The molecular formula is C21H19N3O6. The molecule has 2 N–H and O–H groups in total. The molecule has 0 bridgehead atoms. The van der Waals surface area contributed by atoms with Crippen molar-refractivity contribution in [1.82, 2.24) is 9.97 Å². The Bertz CT molecular complexity index is 1170. The van der Waals surface area contributed by atoms with Crippen molar-refractivity contribution in [2.24, 2.45) is 0 Å². The number of esters is 1. The minimum absolute atomic E-state index is 0.0249. The molecule has 3 aromatic rings. The zero-order valence-electron chi connectivity index (χ0n) is 16.1. The first kappa shape index (κ1) is 19.4. The highest BCUT2D eigenvalue weighted by molar-refractivity contribution is 5.95. The van der Waals surface area contributed by atoms with Crippen molar-refractivity contribution >= 4 is 28.5 Å². The van der Waals surface area contributed by atoms with Gasteiger partial charge < -0.3 is 24.5 Å². The number of aryl methyl sites for hydroxylation is 1. The highest BCUT2D eigenvalue weighted by Crippen LogP contribution is 2.34. The van der Waals surface area contributed by atoms with E-state index in [-0.39, 0.29) is 25.2 Å². The molecule has 30 heavy (non-hydrogen) atoms. The van der Waals surface area contributed by atoms with E-state index in [0.717, 1.165) is 0 Å². The zero-order valence-corrected chi connectivity index (χ0v) is 16.1. The standard InChI is InChI=1S/C21H19N3O6/c1-12(20(26)22-13-6-7-16-17(10-13)29-11-28-16)30-19(25)9-8-18-23-15-5-3-2-4-14(15)21(27)24-18/h2-7,10,12H,8-9,11H2,1H3,(H,22,26)(H,23,24,27)/t12-/m1/s1. The lowest BCUT2D eigenvalue weighted by Crippen LogP contribution is -2.30. The molecule has 1 aliphatic heterocycles. The highest BCUT2D eigenvalue weighted by Gasteiger charge is 2.20. The molecule has 1 amide bonds. The number of hydrogen-bond donors (Lipinski definition) is 2. The summed E-state index contributed by atoms with van der Waals surface area (Å²) in [7, 11) is 0. The summed E-state index contributed by atoms with van der Waals surface area (Å²) in [5.41, 5.74) is 0.798. The molecule has 2 aromatic carbocycles. The molecule has 0 saturated carbocycles. The number of ether oxygens (including phenoxy) is 3. The van der Waals surface area contributed by atoms with E-state index in [0.29, 0.717) is 33.9 Å². The van der Waals surface area contributed by atoms with Gasteiger partial charge in [-0.15, -0.1) is 0 Å². The van der Waals surface area contributed by atoms with Crippen molar-refractivity contribution < 1.29 is 23.8 Å². The number of para-hydroxylation sites is 1. The molecule has 0 aliphatic carbocycles. The molecule has 9 nitrogen and oxygen atoms in total. The van der Waals surface area contributed by atoms with Crippen LogP contribution in [-0.4, -0.2) is 34.7 Å². The normalized spacial score (nSPS) is 13.1. The molecule has 154 valence electrons. The molecule has 0 spiro atoms. The number of aromatic amines is 1. The maximum Gasteiger partial charge on any atom is 0.307 e. The molecular weight excluding hydrogens is 390 g/mol. The number of benzene rings is 2. The van der Waals surface area contributed by atoms with Crippen LogP contribution in [0.1, 0.15) is 19.2 Å². The van der Waals surface area contributed by atoms with Gasteiger partial charge in [-0.3, -0.25) is 14.4 Å². The van der Waals surface area contributed by atoms with E-state index in [2.05, 4.69) is 15.3 Å². The lowest BCUT2D eigenvalue weighted by atomic mass is 10.2. The number of nitrogens with zero attached hydrogens (tertiary/aromatic N) is 1. The molecule has 0 unspecified atom stereocenters. The van der Waals surface area contributed by atoms with Crippen molar-refractivity contribution in [2.45, 2.75) is 25.9 Å². The fraction of sp³-hybridized carbons (Fsp3) is 0.238. The van der Waals surface area contributed by atoms with Crippen LogP contribution in [0.3, 0.4) is 0 Å². The zero-order chi connectivity index (χ0) is 21.1. The van der Waals surface area contributed by atoms with Crippen LogP contribution in [-0.2, 0) is 20.7 Å². The maximum atomic E-state index is 12.3. The number of rotatable bonds is 6. The first-order valence-corrected chi connectivity index (χ1v) is 9.37. The number of anilines is 1. The Morgan fingerprint density at radius 2 is 2.00 bits per heavy atom. The van der Waals surface area contributed by atoms with Crippen LogP contribution in [0.5, 0.6) is 11.5 Å². The summed E-state index contributed by atoms with van der Waals surface area (Å²) in [4.78, 5) is 43.5. The van der Waals surface area contributed by atoms with Gasteiger partial charge in [-0.1, -0.05) is 12.1 Å². The van der Waals surface area contributed by atoms with Gasteiger partial charge >= 0.3 is 5.97 Å². The summed E-state index contributed by atoms with van der Waals surface area (Å²) in [6.45, 7) is 1.62. The van der Waals surface area contributed by atoms with Crippen LogP contribution in [0.15, 0.2) is 47.3 Å². The number of carbonyl (C=O) groups is 2. The Labute approximate surface area is 171 Å². The third-order valence-electron chi connectivity index (χ3n) is 4.55. The fourth-order valence-electron chi connectivity index (χ4n) is 3.00. The van der Waals surface area contributed by atoms with Crippen LogP contribution in [0.4, 0.5) is 5.69 Å². The fourth-order valence-corrected chi connectivity index (χ4v) is 3.00. The molecule has 1 aromatic heterocycles. The molecule has 2 heterocycles. The van der Waals surface area contributed by atoms with Crippen molar-refractivity contribution in [1.29, 1.82) is 0 Å². The number of amides is 1. The van der Waals surface area contributed by atoms with Gasteiger partial charge in [0.1, 0.15) is 5.82 Å². The summed E-state index contributed by atoms with van der Waals surface area (Å²) in [5, 5.41) is 3.15. The Balaban J connectivity index is 1.31. The average molecular weight is 409 g/mol. The second kappa shape index (κ2) is 8.24. The van der Waals surface area contributed by atoms with E-state index >= 15 is 0 Å². The van der Waals surface area contributed by atoms with Crippen LogP contribution >= 0.6 is 0 Å². The van der Waals surface area contributed by atoms with Crippen molar-refractivity contribution in [3.05, 3.63) is 58.6 Å². The van der Waals surface area contributed by atoms with Gasteiger partial charge in [0.15, 0.2) is 17.6 Å². The molecule has 0 fully saturated rings. The van der Waals surface area contributed by atoms with Gasteiger partial charge in [-0.05, 0) is 31.2 Å². The monoisotopic (exact) mass is 409 g/mol. The molecule has 1 aliphatic rings. The first-order valence-electron chi connectivity index (χ1n) is 9.37. The molecule has 9 heteroatoms. The SMILES string of the molecule is C[C@@H](OC(=O)CCc1nc2ccccc2c(=O)[nH]1)C(=O)Nc1ccc2c(c1)OCO2. The van der Waals surface area contributed by atoms with E-state index in [1.54, 1.807) is 42.5 Å². The summed E-state index contributed by atoms with van der Waals surface area (Å²) < 4.78 is 15.7. The number of nitrogens with one attached hydrogen (secondary N) is 2. The van der Waals surface area contributed by atoms with Gasteiger partial charge in [-0.25, -0.2) is 4.98 Å². The Kier molecular flexibility index (Phi) is 5.34. The second-order valence-electron chi connectivity index (χ2n) is 6.72. The van der Waals surface area contributed by atoms with E-state index in [4.69, 9.17) is 14.2 Å². The lowest BCUT2D eigenvalue weighted by molar-refractivity contribution is -0.153. The smallest absolute Gasteiger partial charge is 0.307 e. The quantitative estimate of drug-likeness (QED) is 0.599. The van der Waals surface area contributed by atoms with Crippen molar-refractivity contribution in [2.75, 3.05) is 12.1 Å². The second-order valence-corrected chi connectivity index (χ2v) is 6.72. The summed E-state index contributed by atoms with van der Waals surface area (Å²) >= 11 is 0. The van der Waals surface area contributed by atoms with Gasteiger partial charge in [0.05, 0.1) is 17.3 Å². The predicted molar refractivity (Wildman–Crippen MR) is 107 cm³/mol. The van der Waals surface area contributed by atoms with E-state index in [1.807, 2.05) is 0 Å². The van der Waals surface area contributed by atoms with Crippen LogP contribution in [0, 0.1) is 0 Å². The van der Waals surface area contributed by atoms with Gasteiger partial charge in [0, 0.05) is 18.2 Å². The molecule has 4 rings (SSSR count). The van der Waals surface area contributed by atoms with Crippen LogP contribution in [0.25, 0.3) is 10.9 Å². The number of hydrogen-bond acceptors (Lipinski definition) is 7. The van der Waals surface area contributed by atoms with E-state index < -0.39 is 18.0 Å². The summed E-state index contributed by atoms with van der Waals surface area (Å²) in [6.07, 6.45) is -0.829. The van der Waals surface area contributed by atoms with Crippen LogP contribution < -0.4 is 20.3 Å². The maximum absolute atomic E-state index is 12.3. The van der Waals surface area contributed by atoms with Crippen molar-refractivity contribution in [3.8, 4) is 11.5 Å². The Hall–Kier alpha value is -3.88. The number of aromatic nitrogens is 2. The van der Waals surface area contributed by atoms with Gasteiger partial charge in [-0.2, -0.15) is 0 Å². The van der Waals surface area contributed by atoms with Crippen molar-refractivity contribution in [3.63, 3.8) is 0 Å². The number of carbonyl (C=O) groups excluding carboxylic acids is 2. The third-order valence-corrected chi connectivity index (χ3v) is 4.55. The largest absolute Gasteiger partial charge is 0.454 e. The highest BCUT2D eigenvalue weighted by atomic mass is 16.7. The topological polar surface area (TPSA) is 120 Å². The third kappa shape index (κ3) is 4.24. The molecule has 0 saturated heterocycles. The van der Waals surface area contributed by atoms with Gasteiger partial charge in [0.25, 0.3) is 11.5 Å². The lowest BCUT2D eigenvalue weighted by Gasteiger charge is -2.13. The average Bonchev–Trinajstić information content (AvgIpc) is 3.20. The van der Waals surface area contributed by atoms with Gasteiger partial charge in [0.2, 0.25) is 6.79 Å². The molecule has 0 radical (unpaired) electrons. The van der Waals surface area contributed by atoms with Crippen LogP contribution in [0.2, 0.25) is 0 Å². The molecule has 1 atom stereocenters. The Morgan fingerprint density at radius 3 is 2.87 bits per heavy atom.